The van der Waals surface area contributed by atoms with Crippen LogP contribution in [0.25, 0.3) is 0 Å². The maximum atomic E-state index is 5.47. The lowest BCUT2D eigenvalue weighted by molar-refractivity contribution is 0.341. The average Bonchev–Trinajstić information content (AvgIpc) is 3.28. The fourth-order valence-corrected chi connectivity index (χ4v) is 3.41. The van der Waals surface area contributed by atoms with Crippen molar-refractivity contribution in [2.45, 2.75) is 59.4 Å². The number of likely N-dealkylation sites (tertiary alicyclic amines) is 1. The van der Waals surface area contributed by atoms with Crippen LogP contribution in [0, 0.1) is 5.92 Å². The maximum absolute atomic E-state index is 5.47. The summed E-state index contributed by atoms with van der Waals surface area (Å²) < 4.78 is 5.47. The molecule has 0 radical (unpaired) electrons. The SMILES string of the molecule is CCNC(=NCc1cc(C(CC)CC)no1)NCC1CCN(CC)C1.I. The zero-order valence-electron chi connectivity index (χ0n) is 16.8. The first-order valence-corrected chi connectivity index (χ1v) is 9.90. The molecule has 7 heteroatoms. The minimum absolute atomic E-state index is 0. The lowest BCUT2D eigenvalue weighted by Gasteiger charge is -2.16. The molecule has 1 aromatic heterocycles. The quantitative estimate of drug-likeness (QED) is 0.323. The van der Waals surface area contributed by atoms with Gasteiger partial charge in [-0.3, -0.25) is 0 Å². The van der Waals surface area contributed by atoms with Gasteiger partial charge in [-0.25, -0.2) is 4.99 Å². The van der Waals surface area contributed by atoms with Crippen molar-refractivity contribution in [2.75, 3.05) is 32.7 Å². The number of rotatable bonds is 9. The summed E-state index contributed by atoms with van der Waals surface area (Å²) in [5, 5.41) is 11.0. The third-order valence-corrected chi connectivity index (χ3v) is 5.09. The number of guanidine groups is 1. The van der Waals surface area contributed by atoms with Crippen LogP contribution in [0.3, 0.4) is 0 Å². The molecule has 2 N–H and O–H groups in total. The van der Waals surface area contributed by atoms with E-state index in [4.69, 9.17) is 4.52 Å². The molecule has 26 heavy (non-hydrogen) atoms. The van der Waals surface area contributed by atoms with Crippen molar-refractivity contribution in [3.05, 3.63) is 17.5 Å². The van der Waals surface area contributed by atoms with E-state index in [-0.39, 0.29) is 24.0 Å². The molecule has 1 aromatic rings. The lowest BCUT2D eigenvalue weighted by Crippen LogP contribution is -2.40. The molecule has 2 heterocycles. The second kappa shape index (κ2) is 12.5. The molecule has 0 bridgehead atoms. The Morgan fingerprint density at radius 3 is 2.69 bits per heavy atom. The Kier molecular flexibility index (Phi) is 11.2. The van der Waals surface area contributed by atoms with Gasteiger partial charge in [0.15, 0.2) is 11.7 Å². The fourth-order valence-electron chi connectivity index (χ4n) is 3.41. The van der Waals surface area contributed by atoms with Gasteiger partial charge in [0.25, 0.3) is 0 Å². The molecule has 1 saturated heterocycles. The Labute approximate surface area is 175 Å². The largest absolute Gasteiger partial charge is 0.359 e. The Morgan fingerprint density at radius 1 is 1.31 bits per heavy atom. The molecule has 1 unspecified atom stereocenters. The van der Waals surface area contributed by atoms with Gasteiger partial charge >= 0.3 is 0 Å². The predicted molar refractivity (Wildman–Crippen MR) is 118 cm³/mol. The van der Waals surface area contributed by atoms with Crippen LogP contribution in [0.1, 0.15) is 64.3 Å². The highest BCUT2D eigenvalue weighted by atomic mass is 127. The number of aromatic nitrogens is 1. The number of nitrogens with one attached hydrogen (secondary N) is 2. The molecule has 0 aliphatic carbocycles. The molecule has 2 rings (SSSR count). The van der Waals surface area contributed by atoms with E-state index in [0.29, 0.717) is 18.4 Å². The average molecular weight is 477 g/mol. The highest BCUT2D eigenvalue weighted by Gasteiger charge is 2.21. The molecule has 0 spiro atoms. The highest BCUT2D eigenvalue weighted by molar-refractivity contribution is 14.0. The molecule has 6 nitrogen and oxygen atoms in total. The van der Waals surface area contributed by atoms with Gasteiger partial charge in [-0.15, -0.1) is 24.0 Å². The number of aliphatic imine (C=N–C) groups is 1. The van der Waals surface area contributed by atoms with E-state index in [1.807, 2.05) is 0 Å². The fraction of sp³-hybridized carbons (Fsp3) is 0.789. The molecule has 150 valence electrons. The first-order valence-electron chi connectivity index (χ1n) is 9.90. The minimum atomic E-state index is 0. The topological polar surface area (TPSA) is 65.7 Å². The summed E-state index contributed by atoms with van der Waals surface area (Å²) in [7, 11) is 0. The van der Waals surface area contributed by atoms with Crippen molar-refractivity contribution in [2.24, 2.45) is 10.9 Å². The summed E-state index contributed by atoms with van der Waals surface area (Å²) in [6, 6.07) is 2.06. The Morgan fingerprint density at radius 2 is 2.08 bits per heavy atom. The predicted octanol–water partition coefficient (Wildman–Crippen LogP) is 3.59. The van der Waals surface area contributed by atoms with Crippen LogP contribution >= 0.6 is 24.0 Å². The monoisotopic (exact) mass is 477 g/mol. The van der Waals surface area contributed by atoms with Gasteiger partial charge in [-0.05, 0) is 45.2 Å². The van der Waals surface area contributed by atoms with Gasteiger partial charge in [0.2, 0.25) is 0 Å². The van der Waals surface area contributed by atoms with Crippen molar-refractivity contribution < 1.29 is 4.52 Å². The Balaban J connectivity index is 0.00000338. The molecule has 1 aliphatic rings. The van der Waals surface area contributed by atoms with E-state index in [1.54, 1.807) is 0 Å². The van der Waals surface area contributed by atoms with Gasteiger partial charge in [-0.1, -0.05) is 25.9 Å². The number of hydrogen-bond acceptors (Lipinski definition) is 4. The summed E-state index contributed by atoms with van der Waals surface area (Å²) in [4.78, 5) is 7.16. The van der Waals surface area contributed by atoms with Gasteiger partial charge < -0.3 is 20.1 Å². The van der Waals surface area contributed by atoms with Crippen LogP contribution in [-0.4, -0.2) is 48.7 Å². The number of halogens is 1. The molecule has 0 aromatic carbocycles. The third kappa shape index (κ3) is 7.06. The summed E-state index contributed by atoms with van der Waals surface area (Å²) >= 11 is 0. The molecule has 1 atom stereocenters. The van der Waals surface area contributed by atoms with Crippen LogP contribution in [0.2, 0.25) is 0 Å². The van der Waals surface area contributed by atoms with E-state index in [9.17, 15) is 0 Å². The second-order valence-electron chi connectivity index (χ2n) is 6.86. The molecular formula is C19H36IN5O. The van der Waals surface area contributed by atoms with Crippen LogP contribution in [0.15, 0.2) is 15.6 Å². The van der Waals surface area contributed by atoms with Crippen molar-refractivity contribution in [3.63, 3.8) is 0 Å². The first-order chi connectivity index (χ1) is 12.2. The van der Waals surface area contributed by atoms with Crippen LogP contribution in [0.5, 0.6) is 0 Å². The van der Waals surface area contributed by atoms with Gasteiger partial charge in [0.05, 0.1) is 5.69 Å². The summed E-state index contributed by atoms with van der Waals surface area (Å²) in [5.41, 5.74) is 1.05. The molecule has 1 fully saturated rings. The van der Waals surface area contributed by atoms with E-state index < -0.39 is 0 Å². The van der Waals surface area contributed by atoms with Crippen molar-refractivity contribution >= 4 is 29.9 Å². The van der Waals surface area contributed by atoms with E-state index in [2.05, 4.69) is 59.4 Å². The Bertz CT molecular complexity index is 530. The molecular weight excluding hydrogens is 441 g/mol. The van der Waals surface area contributed by atoms with Crippen molar-refractivity contribution in [1.29, 1.82) is 0 Å². The van der Waals surface area contributed by atoms with Crippen LogP contribution in [0.4, 0.5) is 0 Å². The normalized spacial score (nSPS) is 18.2. The second-order valence-corrected chi connectivity index (χ2v) is 6.86. The van der Waals surface area contributed by atoms with E-state index in [0.717, 1.165) is 49.9 Å². The summed E-state index contributed by atoms with van der Waals surface area (Å²) in [6.07, 6.45) is 3.44. The molecule has 0 saturated carbocycles. The van der Waals surface area contributed by atoms with Gasteiger partial charge in [-0.2, -0.15) is 0 Å². The lowest BCUT2D eigenvalue weighted by atomic mass is 9.99. The van der Waals surface area contributed by atoms with Crippen molar-refractivity contribution in [3.8, 4) is 0 Å². The number of hydrogen-bond donors (Lipinski definition) is 2. The highest BCUT2D eigenvalue weighted by Crippen LogP contribution is 2.22. The van der Waals surface area contributed by atoms with Crippen LogP contribution in [-0.2, 0) is 6.54 Å². The first kappa shape index (κ1) is 23.2. The third-order valence-electron chi connectivity index (χ3n) is 5.09. The van der Waals surface area contributed by atoms with Crippen LogP contribution < -0.4 is 10.6 Å². The van der Waals surface area contributed by atoms with Gasteiger partial charge in [0.1, 0.15) is 6.54 Å². The standard InChI is InChI=1S/C19H35N5O.HI/c1-5-16(6-2)18-11-17(25-23-18)13-22-19(20-7-3)21-12-15-9-10-24(8-4)14-15;/h11,15-16H,5-10,12-14H2,1-4H3,(H2,20,21,22);1H. The van der Waals surface area contributed by atoms with E-state index >= 15 is 0 Å². The maximum Gasteiger partial charge on any atom is 0.191 e. The summed E-state index contributed by atoms with van der Waals surface area (Å²) in [5.74, 6) is 2.88. The Hall–Kier alpha value is -0.830. The smallest absolute Gasteiger partial charge is 0.191 e. The zero-order valence-corrected chi connectivity index (χ0v) is 19.1. The molecule has 0 amide bonds. The van der Waals surface area contributed by atoms with E-state index in [1.165, 1.54) is 19.5 Å². The summed E-state index contributed by atoms with van der Waals surface area (Å²) in [6.45, 7) is 14.6. The zero-order chi connectivity index (χ0) is 18.1. The number of nitrogens with zero attached hydrogens (tertiary/aromatic N) is 3. The minimum Gasteiger partial charge on any atom is -0.359 e. The van der Waals surface area contributed by atoms with Crippen molar-refractivity contribution in [1.82, 2.24) is 20.7 Å². The van der Waals surface area contributed by atoms with Gasteiger partial charge in [0, 0.05) is 31.6 Å². The molecule has 1 aliphatic heterocycles.